The molecule has 0 fully saturated rings. The number of anilines is 1. The molecule has 0 amide bonds. The maximum Gasteiger partial charge on any atom is 0.126 e. The zero-order chi connectivity index (χ0) is 13.2. The molecule has 0 aliphatic carbocycles. The van der Waals surface area contributed by atoms with Crippen molar-refractivity contribution < 1.29 is 13.9 Å². The molecule has 5 heteroatoms. The fourth-order valence-corrected chi connectivity index (χ4v) is 1.41. The van der Waals surface area contributed by atoms with Crippen molar-refractivity contribution in [3.8, 4) is 6.07 Å². The van der Waals surface area contributed by atoms with E-state index in [1.807, 2.05) is 6.07 Å². The highest BCUT2D eigenvalue weighted by Gasteiger charge is 1.99. The quantitative estimate of drug-likeness (QED) is 0.720. The third-order valence-electron chi connectivity index (χ3n) is 2.25. The molecule has 98 valence electrons. The van der Waals surface area contributed by atoms with E-state index in [1.54, 1.807) is 13.2 Å². The van der Waals surface area contributed by atoms with Gasteiger partial charge in [0.1, 0.15) is 5.82 Å². The third kappa shape index (κ3) is 5.62. The molecule has 0 atom stereocenters. The molecule has 0 aliphatic rings. The Kier molecular flexibility index (Phi) is 6.77. The summed E-state index contributed by atoms with van der Waals surface area (Å²) in [6, 6.07) is 6.11. The lowest BCUT2D eigenvalue weighted by atomic mass is 10.2. The molecule has 18 heavy (non-hydrogen) atoms. The van der Waals surface area contributed by atoms with Crippen LogP contribution in [0.5, 0.6) is 0 Å². The van der Waals surface area contributed by atoms with Crippen LogP contribution in [0.2, 0.25) is 0 Å². The summed E-state index contributed by atoms with van der Waals surface area (Å²) >= 11 is 0. The SMILES string of the molecule is COCCOCCCNc1cc(F)cc(C#N)c1. The van der Waals surface area contributed by atoms with Gasteiger partial charge >= 0.3 is 0 Å². The van der Waals surface area contributed by atoms with Crippen LogP contribution in [0, 0.1) is 17.1 Å². The number of nitriles is 1. The molecule has 0 saturated heterocycles. The minimum absolute atomic E-state index is 0.314. The van der Waals surface area contributed by atoms with Crippen molar-refractivity contribution in [2.24, 2.45) is 0 Å². The summed E-state index contributed by atoms with van der Waals surface area (Å²) < 4.78 is 23.2. The van der Waals surface area contributed by atoms with Gasteiger partial charge < -0.3 is 14.8 Å². The van der Waals surface area contributed by atoms with Gasteiger partial charge in [-0.05, 0) is 24.6 Å². The molecule has 0 radical (unpaired) electrons. The van der Waals surface area contributed by atoms with Crippen LogP contribution in [0.4, 0.5) is 10.1 Å². The van der Waals surface area contributed by atoms with Crippen LogP contribution in [0.15, 0.2) is 18.2 Å². The first-order valence-corrected chi connectivity index (χ1v) is 5.77. The Morgan fingerprint density at radius 2 is 2.11 bits per heavy atom. The van der Waals surface area contributed by atoms with Crippen molar-refractivity contribution in [2.75, 3.05) is 38.8 Å². The molecule has 0 aromatic heterocycles. The van der Waals surface area contributed by atoms with Crippen LogP contribution in [0.3, 0.4) is 0 Å². The third-order valence-corrected chi connectivity index (χ3v) is 2.25. The molecule has 1 rings (SSSR count). The first-order chi connectivity index (χ1) is 8.76. The van der Waals surface area contributed by atoms with E-state index in [2.05, 4.69) is 5.32 Å². The predicted octanol–water partition coefficient (Wildman–Crippen LogP) is 2.16. The van der Waals surface area contributed by atoms with Gasteiger partial charge in [-0.1, -0.05) is 0 Å². The summed E-state index contributed by atoms with van der Waals surface area (Å²) in [6.07, 6.45) is 0.808. The monoisotopic (exact) mass is 252 g/mol. The number of hydrogen-bond acceptors (Lipinski definition) is 4. The Labute approximate surface area is 106 Å². The van der Waals surface area contributed by atoms with Gasteiger partial charge in [0.25, 0.3) is 0 Å². The second-order valence-electron chi connectivity index (χ2n) is 3.73. The van der Waals surface area contributed by atoms with Gasteiger partial charge in [0.05, 0.1) is 24.8 Å². The Bertz CT molecular complexity index is 404. The molecular formula is C13H17FN2O2. The highest BCUT2D eigenvalue weighted by atomic mass is 19.1. The predicted molar refractivity (Wildman–Crippen MR) is 66.9 cm³/mol. The molecule has 1 N–H and O–H groups in total. The van der Waals surface area contributed by atoms with Gasteiger partial charge in [0.2, 0.25) is 0 Å². The molecule has 0 heterocycles. The van der Waals surface area contributed by atoms with Crippen molar-refractivity contribution in [3.63, 3.8) is 0 Å². The van der Waals surface area contributed by atoms with E-state index >= 15 is 0 Å². The number of rotatable bonds is 8. The van der Waals surface area contributed by atoms with Crippen molar-refractivity contribution in [1.82, 2.24) is 0 Å². The topological polar surface area (TPSA) is 54.3 Å². The zero-order valence-electron chi connectivity index (χ0n) is 10.4. The average molecular weight is 252 g/mol. The second-order valence-corrected chi connectivity index (χ2v) is 3.73. The summed E-state index contributed by atoms with van der Waals surface area (Å²) in [5, 5.41) is 11.8. The number of methoxy groups -OCH3 is 1. The van der Waals surface area contributed by atoms with Gasteiger partial charge in [-0.2, -0.15) is 5.26 Å². The standard InChI is InChI=1S/C13H17FN2O2/c1-17-5-6-18-4-2-3-16-13-8-11(10-15)7-12(14)9-13/h7-9,16H,2-6H2,1H3. The van der Waals surface area contributed by atoms with Crippen molar-refractivity contribution in [2.45, 2.75) is 6.42 Å². The summed E-state index contributed by atoms with van der Waals surface area (Å²) in [4.78, 5) is 0. The fraction of sp³-hybridized carbons (Fsp3) is 0.462. The van der Waals surface area contributed by atoms with Crippen molar-refractivity contribution >= 4 is 5.69 Å². The summed E-state index contributed by atoms with van der Waals surface area (Å²) in [5.41, 5.74) is 0.928. The first kappa shape index (κ1) is 14.4. The second kappa shape index (κ2) is 8.45. The van der Waals surface area contributed by atoms with Gasteiger partial charge in [0, 0.05) is 25.9 Å². The van der Waals surface area contributed by atoms with E-state index in [0.29, 0.717) is 37.6 Å². The number of nitrogens with one attached hydrogen (secondary N) is 1. The summed E-state index contributed by atoms with van der Waals surface area (Å²) in [6.45, 7) is 2.45. The van der Waals surface area contributed by atoms with E-state index < -0.39 is 5.82 Å². The highest BCUT2D eigenvalue weighted by Crippen LogP contribution is 2.13. The van der Waals surface area contributed by atoms with Crippen molar-refractivity contribution in [1.29, 1.82) is 5.26 Å². The maximum atomic E-state index is 13.1. The number of nitrogens with zero attached hydrogens (tertiary/aromatic N) is 1. The van der Waals surface area contributed by atoms with E-state index in [0.717, 1.165) is 6.42 Å². The smallest absolute Gasteiger partial charge is 0.126 e. The van der Waals surface area contributed by atoms with Crippen LogP contribution in [0.1, 0.15) is 12.0 Å². The Hall–Kier alpha value is -1.64. The molecule has 0 aliphatic heterocycles. The first-order valence-electron chi connectivity index (χ1n) is 5.77. The van der Waals surface area contributed by atoms with Gasteiger partial charge in [-0.15, -0.1) is 0 Å². The Balaban J connectivity index is 2.23. The van der Waals surface area contributed by atoms with E-state index in [4.69, 9.17) is 14.7 Å². The average Bonchev–Trinajstić information content (AvgIpc) is 2.37. The molecule has 1 aromatic rings. The molecule has 0 spiro atoms. The zero-order valence-corrected chi connectivity index (χ0v) is 10.4. The van der Waals surface area contributed by atoms with Gasteiger partial charge in [-0.25, -0.2) is 4.39 Å². The Morgan fingerprint density at radius 3 is 2.83 bits per heavy atom. The molecule has 4 nitrogen and oxygen atoms in total. The maximum absolute atomic E-state index is 13.1. The molecule has 0 unspecified atom stereocenters. The molecule has 1 aromatic carbocycles. The van der Waals surface area contributed by atoms with Crippen LogP contribution >= 0.6 is 0 Å². The van der Waals surface area contributed by atoms with E-state index in [1.165, 1.54) is 12.1 Å². The van der Waals surface area contributed by atoms with E-state index in [-0.39, 0.29) is 0 Å². The van der Waals surface area contributed by atoms with E-state index in [9.17, 15) is 4.39 Å². The van der Waals surface area contributed by atoms with Crippen LogP contribution in [-0.4, -0.2) is 33.5 Å². The summed E-state index contributed by atoms with van der Waals surface area (Å²) in [5.74, 6) is -0.409. The summed E-state index contributed by atoms with van der Waals surface area (Å²) in [7, 11) is 1.63. The minimum Gasteiger partial charge on any atom is -0.385 e. The Morgan fingerprint density at radius 1 is 1.28 bits per heavy atom. The number of hydrogen-bond donors (Lipinski definition) is 1. The largest absolute Gasteiger partial charge is 0.385 e. The number of ether oxygens (including phenoxy) is 2. The lowest BCUT2D eigenvalue weighted by Crippen LogP contribution is -2.08. The number of halogens is 1. The van der Waals surface area contributed by atoms with Crippen LogP contribution in [-0.2, 0) is 9.47 Å². The van der Waals surface area contributed by atoms with Gasteiger partial charge in [0.15, 0.2) is 0 Å². The fourth-order valence-electron chi connectivity index (χ4n) is 1.41. The van der Waals surface area contributed by atoms with Gasteiger partial charge in [-0.3, -0.25) is 0 Å². The molecule has 0 bridgehead atoms. The minimum atomic E-state index is -0.409. The highest BCUT2D eigenvalue weighted by molar-refractivity contribution is 5.49. The lowest BCUT2D eigenvalue weighted by Gasteiger charge is -2.07. The molecular weight excluding hydrogens is 235 g/mol. The normalized spacial score (nSPS) is 10.1. The molecule has 0 saturated carbocycles. The number of benzene rings is 1. The van der Waals surface area contributed by atoms with Crippen LogP contribution < -0.4 is 5.32 Å². The lowest BCUT2D eigenvalue weighted by molar-refractivity contribution is 0.0705. The van der Waals surface area contributed by atoms with Crippen LogP contribution in [0.25, 0.3) is 0 Å². The van der Waals surface area contributed by atoms with Crippen molar-refractivity contribution in [3.05, 3.63) is 29.6 Å².